The number of hydrogen-bond acceptors (Lipinski definition) is 0. The van der Waals surface area contributed by atoms with Crippen molar-refractivity contribution in [2.24, 2.45) is 0 Å². The molecule has 0 spiro atoms. The van der Waals surface area contributed by atoms with E-state index in [0.29, 0.717) is 0 Å². The van der Waals surface area contributed by atoms with Crippen LogP contribution in [-0.4, -0.2) is 0 Å². The Kier molecular flexibility index (Phi) is 13.4. The van der Waals surface area contributed by atoms with Crippen LogP contribution in [-0.2, 0) is 16.5 Å². The van der Waals surface area contributed by atoms with Crippen LogP contribution in [0, 0.1) is 13.8 Å². The monoisotopic (exact) mass is 220 g/mol. The number of unbranched alkanes of at least 4 members (excludes halogenated alkanes) is 1. The fraction of sp³-hybridized carbons (Fsp3) is 0.333. The third kappa shape index (κ3) is 9.50. The van der Waals surface area contributed by atoms with Gasteiger partial charge in [-0.2, -0.15) is 6.42 Å². The smallest absolute Gasteiger partial charge is 0.343 e. The molecule has 0 aromatic rings. The second-order valence-corrected chi connectivity index (χ2v) is 2.63. The van der Waals surface area contributed by atoms with E-state index in [-0.39, 0.29) is 16.5 Å². The summed E-state index contributed by atoms with van der Waals surface area (Å²) in [4.78, 5) is 0. The molecular weight excluding hydrogens is 203 g/mol. The normalized spacial score (nSPS) is 13.2. The molecule has 0 bridgehead atoms. The molecule has 0 nitrogen and oxygen atoms in total. The predicted octanol–water partition coefficient (Wildman–Crippen LogP) is 3.88. The quantitative estimate of drug-likeness (QED) is 0.490. The van der Waals surface area contributed by atoms with Crippen LogP contribution < -0.4 is 0 Å². The van der Waals surface area contributed by atoms with Crippen LogP contribution in [0.15, 0.2) is 36.0 Å². The van der Waals surface area contributed by atoms with E-state index in [2.05, 4.69) is 39.0 Å². The van der Waals surface area contributed by atoms with Crippen LogP contribution in [0.2, 0.25) is 0 Å². The van der Waals surface area contributed by atoms with Gasteiger partial charge in [0.25, 0.3) is 0 Å². The van der Waals surface area contributed by atoms with E-state index in [1.807, 2.05) is 12.2 Å². The second-order valence-electron chi connectivity index (χ2n) is 2.63. The molecule has 76 valence electrons. The molecule has 0 aromatic carbocycles. The Hall–Kier alpha value is -0.416. The molecule has 1 aliphatic carbocycles. The van der Waals surface area contributed by atoms with Gasteiger partial charge in [0.1, 0.15) is 0 Å². The maximum absolute atomic E-state index is 3.60. The Morgan fingerprint density at radius 2 is 2.15 bits per heavy atom. The van der Waals surface area contributed by atoms with Gasteiger partial charge < -0.3 is 6.92 Å². The summed E-state index contributed by atoms with van der Waals surface area (Å²) in [5, 5.41) is 0. The zero-order chi connectivity index (χ0) is 9.23. The molecule has 0 N–H and O–H groups in total. The maximum Gasteiger partial charge on any atom is 2.00 e. The fourth-order valence-electron chi connectivity index (χ4n) is 0.739. The Balaban J connectivity index is 0. The van der Waals surface area contributed by atoms with Gasteiger partial charge in [0.15, 0.2) is 0 Å². The average Bonchev–Trinajstić information content (AvgIpc) is 2.58. The van der Waals surface area contributed by atoms with Crippen LogP contribution >= 0.6 is 0 Å². The zero-order valence-corrected chi connectivity index (χ0v) is 9.23. The first-order chi connectivity index (χ1) is 5.85. The first kappa shape index (κ1) is 15.1. The third-order valence-electron chi connectivity index (χ3n) is 1.49. The van der Waals surface area contributed by atoms with Gasteiger partial charge in [-0.05, 0) is 6.42 Å². The van der Waals surface area contributed by atoms with Crippen molar-refractivity contribution >= 4 is 0 Å². The predicted molar refractivity (Wildman–Crippen MR) is 56.6 cm³/mol. The minimum atomic E-state index is 0. The summed E-state index contributed by atoms with van der Waals surface area (Å²) in [7, 11) is 0. The number of hydrogen-bond donors (Lipinski definition) is 0. The molecule has 1 heteroatoms. The summed E-state index contributed by atoms with van der Waals surface area (Å²) in [6, 6.07) is 0. The zero-order valence-electron chi connectivity index (χ0n) is 8.24. The average molecular weight is 221 g/mol. The Bertz CT molecular complexity index is 174. The van der Waals surface area contributed by atoms with Crippen molar-refractivity contribution in [3.63, 3.8) is 0 Å². The van der Waals surface area contributed by atoms with Crippen molar-refractivity contribution < 1.29 is 16.5 Å². The molecule has 1 rings (SSSR count). The summed E-state index contributed by atoms with van der Waals surface area (Å²) in [5.41, 5.74) is 1.35. The molecular formula is C12H18Ni. The van der Waals surface area contributed by atoms with E-state index in [0.717, 1.165) is 12.8 Å². The molecule has 0 saturated heterocycles. The van der Waals surface area contributed by atoms with Crippen LogP contribution in [0.3, 0.4) is 0 Å². The standard InChI is InChI=1S/C8H9.C4H9.Ni/c1-2-5-8-6-3-4-7-8;1-3-4-2;/h2-6H,1,7H2;1,3-4H2,2H3;/q2*-1;+2. The van der Waals surface area contributed by atoms with Gasteiger partial charge in [0.2, 0.25) is 0 Å². The molecule has 0 heterocycles. The Morgan fingerprint density at radius 1 is 1.54 bits per heavy atom. The number of rotatable bonds is 2. The van der Waals surface area contributed by atoms with Crippen LogP contribution in [0.25, 0.3) is 0 Å². The van der Waals surface area contributed by atoms with Gasteiger partial charge in [-0.3, -0.25) is 0 Å². The van der Waals surface area contributed by atoms with Crippen molar-refractivity contribution in [1.29, 1.82) is 0 Å². The molecule has 0 aromatic heterocycles. The van der Waals surface area contributed by atoms with Gasteiger partial charge >= 0.3 is 16.5 Å². The minimum Gasteiger partial charge on any atom is -0.343 e. The molecule has 0 unspecified atom stereocenters. The molecule has 1 aliphatic rings. The van der Waals surface area contributed by atoms with Crippen LogP contribution in [0.1, 0.15) is 26.2 Å². The van der Waals surface area contributed by atoms with Gasteiger partial charge in [-0.15, -0.1) is 5.57 Å². The number of allylic oxidation sites excluding steroid dienone is 6. The summed E-state index contributed by atoms with van der Waals surface area (Å²) in [6.45, 7) is 9.32. The van der Waals surface area contributed by atoms with Crippen molar-refractivity contribution in [2.75, 3.05) is 0 Å². The van der Waals surface area contributed by atoms with Crippen molar-refractivity contribution in [3.05, 3.63) is 49.8 Å². The van der Waals surface area contributed by atoms with Gasteiger partial charge in [-0.1, -0.05) is 31.6 Å². The molecule has 0 fully saturated rings. The van der Waals surface area contributed by atoms with E-state index in [1.54, 1.807) is 0 Å². The van der Waals surface area contributed by atoms with E-state index in [1.165, 1.54) is 12.0 Å². The fourth-order valence-corrected chi connectivity index (χ4v) is 0.739. The molecule has 0 saturated carbocycles. The van der Waals surface area contributed by atoms with Crippen molar-refractivity contribution in [2.45, 2.75) is 26.2 Å². The molecule has 0 atom stereocenters. The summed E-state index contributed by atoms with van der Waals surface area (Å²) < 4.78 is 0. The Labute approximate surface area is 92.7 Å². The van der Waals surface area contributed by atoms with E-state index in [4.69, 9.17) is 0 Å². The summed E-state index contributed by atoms with van der Waals surface area (Å²) in [6.07, 6.45) is 13.5. The van der Waals surface area contributed by atoms with Gasteiger partial charge in [-0.25, -0.2) is 19.1 Å². The summed E-state index contributed by atoms with van der Waals surface area (Å²) >= 11 is 0. The molecule has 0 aliphatic heterocycles. The largest absolute Gasteiger partial charge is 2.00 e. The van der Waals surface area contributed by atoms with E-state index < -0.39 is 0 Å². The minimum absolute atomic E-state index is 0. The van der Waals surface area contributed by atoms with Crippen LogP contribution in [0.5, 0.6) is 0 Å². The second kappa shape index (κ2) is 11.6. The SMILES string of the molecule is [CH2-]C=CC1=CC=CC1.[CH2-]CCC.[Ni+2]. The molecule has 0 radical (unpaired) electrons. The van der Waals surface area contributed by atoms with Crippen LogP contribution in [0.4, 0.5) is 0 Å². The van der Waals surface area contributed by atoms with Crippen molar-refractivity contribution in [1.82, 2.24) is 0 Å². The first-order valence-electron chi connectivity index (χ1n) is 4.45. The first-order valence-corrected chi connectivity index (χ1v) is 4.45. The third-order valence-corrected chi connectivity index (χ3v) is 1.49. The van der Waals surface area contributed by atoms with E-state index >= 15 is 0 Å². The summed E-state index contributed by atoms with van der Waals surface area (Å²) in [5.74, 6) is 0. The Morgan fingerprint density at radius 3 is 2.46 bits per heavy atom. The van der Waals surface area contributed by atoms with Gasteiger partial charge in [0.05, 0.1) is 0 Å². The van der Waals surface area contributed by atoms with Gasteiger partial charge in [0, 0.05) is 0 Å². The molecule has 0 amide bonds. The maximum atomic E-state index is 3.60. The molecule has 13 heavy (non-hydrogen) atoms. The van der Waals surface area contributed by atoms with Crippen molar-refractivity contribution in [3.8, 4) is 0 Å². The van der Waals surface area contributed by atoms with E-state index in [9.17, 15) is 0 Å². The topological polar surface area (TPSA) is 0 Å².